The predicted octanol–water partition coefficient (Wildman–Crippen LogP) is 0.268. The second-order valence-electron chi connectivity index (χ2n) is 3.70. The monoisotopic (exact) mass is 151 g/mol. The topological polar surface area (TPSA) is 21.3 Å². The Kier molecular flexibility index (Phi) is 1.55. The van der Waals surface area contributed by atoms with Crippen molar-refractivity contribution in [1.29, 1.82) is 0 Å². The molecule has 2 heterocycles. The molecule has 0 amide bonds. The van der Waals surface area contributed by atoms with Crippen LogP contribution < -0.4 is 5.32 Å². The smallest absolute Gasteiger partial charge is 0.111 e. The number of rotatable bonds is 1. The normalized spacial score (nSPS) is 55.3. The van der Waals surface area contributed by atoms with Gasteiger partial charge in [-0.25, -0.2) is 0 Å². The van der Waals surface area contributed by atoms with Crippen LogP contribution in [-0.2, 0) is 4.74 Å². The quantitative estimate of drug-likeness (QED) is 0.543. The van der Waals surface area contributed by atoms with Gasteiger partial charge in [0.1, 0.15) is 7.85 Å². The van der Waals surface area contributed by atoms with E-state index in [0.717, 1.165) is 13.0 Å². The molecule has 4 atom stereocenters. The molecule has 1 unspecified atom stereocenters. The summed E-state index contributed by atoms with van der Waals surface area (Å²) in [6.45, 7) is 5.36. The fraction of sp³-hybridized carbons (Fsp3) is 1.00. The molecule has 0 aromatic heterocycles. The van der Waals surface area contributed by atoms with E-state index in [4.69, 9.17) is 12.6 Å². The van der Waals surface area contributed by atoms with Gasteiger partial charge in [0.15, 0.2) is 0 Å². The van der Waals surface area contributed by atoms with Gasteiger partial charge in [-0.1, -0.05) is 13.8 Å². The summed E-state index contributed by atoms with van der Waals surface area (Å²) in [6.07, 6.45) is 1.06. The van der Waals surface area contributed by atoms with Crippen LogP contribution in [0, 0.1) is 5.92 Å². The molecule has 2 saturated heterocycles. The molecule has 0 aromatic rings. The first-order chi connectivity index (χ1) is 5.19. The molecular weight excluding hydrogens is 137 g/mol. The Balaban J connectivity index is 2.24. The van der Waals surface area contributed by atoms with E-state index in [1.165, 1.54) is 0 Å². The summed E-state index contributed by atoms with van der Waals surface area (Å²) >= 11 is 0. The van der Waals surface area contributed by atoms with Gasteiger partial charge < -0.3 is 10.1 Å². The lowest BCUT2D eigenvalue weighted by Gasteiger charge is -2.30. The van der Waals surface area contributed by atoms with Gasteiger partial charge in [0, 0.05) is 24.5 Å². The number of nitrogens with one attached hydrogen (secondary N) is 1. The van der Waals surface area contributed by atoms with E-state index >= 15 is 0 Å². The Hall–Kier alpha value is -0.0151. The maximum Gasteiger partial charge on any atom is 0.111 e. The van der Waals surface area contributed by atoms with Gasteiger partial charge in [-0.3, -0.25) is 0 Å². The van der Waals surface area contributed by atoms with Gasteiger partial charge in [-0.2, -0.15) is 0 Å². The molecule has 2 radical (unpaired) electrons. The molecule has 2 rings (SSSR count). The fourth-order valence-electron chi connectivity index (χ4n) is 2.38. The highest BCUT2D eigenvalue weighted by Gasteiger charge is 2.54. The summed E-state index contributed by atoms with van der Waals surface area (Å²) in [4.78, 5) is 0. The molecule has 2 aliphatic heterocycles. The van der Waals surface area contributed by atoms with Crippen LogP contribution in [-0.4, -0.2) is 32.0 Å². The fourth-order valence-corrected chi connectivity index (χ4v) is 2.38. The minimum Gasteiger partial charge on any atom is -0.378 e. The third kappa shape index (κ3) is 0.813. The molecule has 1 N–H and O–H groups in total. The minimum absolute atomic E-state index is 0.0457. The van der Waals surface area contributed by atoms with Crippen molar-refractivity contribution in [2.75, 3.05) is 6.54 Å². The lowest BCUT2D eigenvalue weighted by atomic mass is 9.84. The van der Waals surface area contributed by atoms with Crippen molar-refractivity contribution in [1.82, 2.24) is 5.32 Å². The van der Waals surface area contributed by atoms with E-state index in [1.54, 1.807) is 0 Å². The van der Waals surface area contributed by atoms with Crippen LogP contribution >= 0.6 is 0 Å². The van der Waals surface area contributed by atoms with Gasteiger partial charge in [-0.05, 0) is 6.42 Å². The van der Waals surface area contributed by atoms with E-state index in [2.05, 4.69) is 19.2 Å². The maximum absolute atomic E-state index is 5.79. The number of hydrogen-bond acceptors (Lipinski definition) is 2. The lowest BCUT2D eigenvalue weighted by molar-refractivity contribution is -0.0388. The van der Waals surface area contributed by atoms with Crippen LogP contribution in [0.2, 0.25) is 0 Å². The highest BCUT2D eigenvalue weighted by molar-refractivity contribution is 6.11. The third-order valence-electron chi connectivity index (χ3n) is 3.33. The first-order valence-corrected chi connectivity index (χ1v) is 4.36. The van der Waals surface area contributed by atoms with Gasteiger partial charge in [0.25, 0.3) is 0 Å². The zero-order valence-electron chi connectivity index (χ0n) is 7.13. The Labute approximate surface area is 69.1 Å². The average Bonchev–Trinajstić information content (AvgIpc) is 2.42. The molecule has 0 aliphatic carbocycles. The predicted molar refractivity (Wildman–Crippen MR) is 44.6 cm³/mol. The van der Waals surface area contributed by atoms with Crippen molar-refractivity contribution in [2.45, 2.75) is 37.9 Å². The Morgan fingerprint density at radius 1 is 1.73 bits per heavy atom. The summed E-state index contributed by atoms with van der Waals surface area (Å²) in [5.41, 5.74) is 0.0457. The molecule has 2 fully saturated rings. The zero-order valence-corrected chi connectivity index (χ0v) is 7.13. The highest BCUT2D eigenvalue weighted by atomic mass is 16.5. The first kappa shape index (κ1) is 7.62. The SMILES string of the molecule is [B][C@@H]1O[C@]2(CC)CN[C@@H]1C2C. The molecule has 0 saturated carbocycles. The number of fused-ring (bicyclic) bond motifs is 2. The van der Waals surface area contributed by atoms with E-state index < -0.39 is 0 Å². The molecule has 2 bridgehead atoms. The van der Waals surface area contributed by atoms with Gasteiger partial charge >= 0.3 is 0 Å². The van der Waals surface area contributed by atoms with Crippen LogP contribution in [0.1, 0.15) is 20.3 Å². The van der Waals surface area contributed by atoms with Crippen LogP contribution in [0.4, 0.5) is 0 Å². The summed E-state index contributed by atoms with van der Waals surface area (Å²) < 4.78 is 5.72. The molecule has 0 aromatic carbocycles. The van der Waals surface area contributed by atoms with E-state index in [-0.39, 0.29) is 11.6 Å². The van der Waals surface area contributed by atoms with Crippen LogP contribution in [0.15, 0.2) is 0 Å². The van der Waals surface area contributed by atoms with E-state index in [1.807, 2.05) is 0 Å². The number of ether oxygens (including phenoxy) is 1. The Bertz CT molecular complexity index is 175. The largest absolute Gasteiger partial charge is 0.378 e. The molecular formula is C8H14BNO. The third-order valence-corrected chi connectivity index (χ3v) is 3.33. The molecule has 0 spiro atoms. The lowest BCUT2D eigenvalue weighted by Crippen LogP contribution is -2.44. The van der Waals surface area contributed by atoms with Crippen molar-refractivity contribution >= 4 is 7.85 Å². The van der Waals surface area contributed by atoms with Crippen LogP contribution in [0.5, 0.6) is 0 Å². The molecule has 60 valence electrons. The summed E-state index contributed by atoms with van der Waals surface area (Å²) in [5, 5.41) is 3.40. The van der Waals surface area contributed by atoms with Crippen LogP contribution in [0.25, 0.3) is 0 Å². The maximum atomic E-state index is 5.79. The molecule has 3 heteroatoms. The number of hydrogen-bond donors (Lipinski definition) is 1. The molecule has 2 nitrogen and oxygen atoms in total. The molecule has 11 heavy (non-hydrogen) atoms. The second kappa shape index (κ2) is 2.24. The van der Waals surface area contributed by atoms with Crippen molar-refractivity contribution in [2.24, 2.45) is 5.92 Å². The second-order valence-corrected chi connectivity index (χ2v) is 3.70. The summed E-state index contributed by atoms with van der Waals surface area (Å²) in [6, 6.07) is 0.300. The van der Waals surface area contributed by atoms with Crippen molar-refractivity contribution in [3.8, 4) is 0 Å². The van der Waals surface area contributed by atoms with Gasteiger partial charge in [0.05, 0.1) is 5.60 Å². The summed E-state index contributed by atoms with van der Waals surface area (Å²) in [5.74, 6) is 0.572. The number of morpholine rings is 1. The Morgan fingerprint density at radius 2 is 2.45 bits per heavy atom. The zero-order chi connectivity index (χ0) is 8.06. The Morgan fingerprint density at radius 3 is 2.73 bits per heavy atom. The van der Waals surface area contributed by atoms with Crippen molar-refractivity contribution in [3.05, 3.63) is 0 Å². The van der Waals surface area contributed by atoms with Gasteiger partial charge in [-0.15, -0.1) is 0 Å². The van der Waals surface area contributed by atoms with Crippen molar-refractivity contribution < 1.29 is 4.74 Å². The van der Waals surface area contributed by atoms with E-state index in [9.17, 15) is 0 Å². The minimum atomic E-state index is -0.0845. The summed E-state index contributed by atoms with van der Waals surface area (Å²) in [7, 11) is 5.79. The van der Waals surface area contributed by atoms with Crippen LogP contribution in [0.3, 0.4) is 0 Å². The average molecular weight is 151 g/mol. The molecule has 2 aliphatic rings. The first-order valence-electron chi connectivity index (χ1n) is 4.36. The standard InChI is InChI=1S/C8H14BNO/c1-3-8-4-10-6(5(8)2)7(9)11-8/h5-7,10H,3-4H2,1-2H3/t5?,6-,7-,8-/m1/s1. The highest BCUT2D eigenvalue weighted by Crippen LogP contribution is 2.41. The van der Waals surface area contributed by atoms with Gasteiger partial charge in [0.2, 0.25) is 0 Å². The van der Waals surface area contributed by atoms with E-state index in [0.29, 0.717) is 12.0 Å². The van der Waals surface area contributed by atoms with Crippen molar-refractivity contribution in [3.63, 3.8) is 0 Å².